The lowest BCUT2D eigenvalue weighted by molar-refractivity contribution is -0.145. The van der Waals surface area contributed by atoms with E-state index in [1.165, 1.54) is 13.2 Å². The first-order valence-corrected chi connectivity index (χ1v) is 4.54. The van der Waals surface area contributed by atoms with Crippen molar-refractivity contribution in [3.8, 4) is 0 Å². The molecule has 0 spiro atoms. The van der Waals surface area contributed by atoms with Gasteiger partial charge in [0.05, 0.1) is 7.11 Å². The third-order valence-electron chi connectivity index (χ3n) is 1.74. The van der Waals surface area contributed by atoms with Crippen LogP contribution in [0.3, 0.4) is 0 Å². The lowest BCUT2D eigenvalue weighted by Gasteiger charge is -2.18. The lowest BCUT2D eigenvalue weighted by Crippen LogP contribution is -2.44. The minimum Gasteiger partial charge on any atom is -0.467 e. The van der Waals surface area contributed by atoms with E-state index in [2.05, 4.69) is 10.1 Å². The number of esters is 1. The third kappa shape index (κ3) is 4.07. The highest BCUT2D eigenvalue weighted by Gasteiger charge is 2.23. The van der Waals surface area contributed by atoms with Gasteiger partial charge in [0.1, 0.15) is 6.04 Å². The Kier molecular flexibility index (Phi) is 5.60. The summed E-state index contributed by atoms with van der Waals surface area (Å²) >= 11 is 0. The van der Waals surface area contributed by atoms with Gasteiger partial charge in [-0.2, -0.15) is 0 Å². The molecule has 4 heteroatoms. The molecule has 0 aromatic rings. The molecule has 0 aliphatic carbocycles. The highest BCUT2D eigenvalue weighted by Crippen LogP contribution is 2.03. The van der Waals surface area contributed by atoms with Gasteiger partial charge in [0, 0.05) is 0 Å². The molecule has 0 heterocycles. The van der Waals surface area contributed by atoms with Crippen molar-refractivity contribution in [2.75, 3.05) is 7.11 Å². The molecule has 0 unspecified atom stereocenters. The molecular formula is C10H17NO3. The number of carbonyl (C=O) groups excluding carboxylic acids is 2. The molecule has 0 aliphatic heterocycles. The number of nitrogens with one attached hydrogen (secondary N) is 1. The predicted octanol–water partition coefficient (Wildman–Crippen LogP) is 0.876. The Labute approximate surface area is 84.3 Å². The molecule has 4 nitrogen and oxygen atoms in total. The van der Waals surface area contributed by atoms with Crippen LogP contribution in [-0.4, -0.2) is 25.0 Å². The van der Waals surface area contributed by atoms with Crippen LogP contribution in [0.5, 0.6) is 0 Å². The molecule has 1 atom stereocenters. The molecule has 0 bridgehead atoms. The number of ether oxygens (including phenoxy) is 1. The van der Waals surface area contributed by atoms with E-state index in [1.54, 1.807) is 13.0 Å². The number of allylic oxidation sites excluding steroid dienone is 1. The fourth-order valence-corrected chi connectivity index (χ4v) is 0.977. The lowest BCUT2D eigenvalue weighted by atomic mass is 10.0. The van der Waals surface area contributed by atoms with Crippen molar-refractivity contribution in [2.24, 2.45) is 5.92 Å². The monoisotopic (exact) mass is 199 g/mol. The van der Waals surface area contributed by atoms with E-state index in [1.807, 2.05) is 13.8 Å². The minimum atomic E-state index is -0.580. The number of rotatable bonds is 4. The van der Waals surface area contributed by atoms with Crippen LogP contribution < -0.4 is 5.32 Å². The fraction of sp³-hybridized carbons (Fsp3) is 0.600. The van der Waals surface area contributed by atoms with Gasteiger partial charge in [0.25, 0.3) is 0 Å². The maximum Gasteiger partial charge on any atom is 0.328 e. The summed E-state index contributed by atoms with van der Waals surface area (Å²) in [4.78, 5) is 22.4. The highest BCUT2D eigenvalue weighted by atomic mass is 16.5. The maximum absolute atomic E-state index is 11.2. The predicted molar refractivity (Wildman–Crippen MR) is 53.6 cm³/mol. The van der Waals surface area contributed by atoms with Crippen LogP contribution in [-0.2, 0) is 14.3 Å². The van der Waals surface area contributed by atoms with Crippen molar-refractivity contribution >= 4 is 11.9 Å². The summed E-state index contributed by atoms with van der Waals surface area (Å²) in [5.74, 6) is -0.689. The molecule has 0 radical (unpaired) electrons. The van der Waals surface area contributed by atoms with Crippen LogP contribution in [0.2, 0.25) is 0 Å². The Morgan fingerprint density at radius 3 is 2.29 bits per heavy atom. The van der Waals surface area contributed by atoms with Gasteiger partial charge in [-0.15, -0.1) is 0 Å². The van der Waals surface area contributed by atoms with E-state index >= 15 is 0 Å². The smallest absolute Gasteiger partial charge is 0.328 e. The van der Waals surface area contributed by atoms with Crippen LogP contribution in [0.1, 0.15) is 20.8 Å². The van der Waals surface area contributed by atoms with Crippen LogP contribution in [0, 0.1) is 5.92 Å². The number of carbonyl (C=O) groups is 2. The Morgan fingerprint density at radius 1 is 1.36 bits per heavy atom. The summed E-state index contributed by atoms with van der Waals surface area (Å²) in [7, 11) is 1.31. The fourth-order valence-electron chi connectivity index (χ4n) is 0.977. The number of amides is 1. The summed E-state index contributed by atoms with van der Waals surface area (Å²) in [6.07, 6.45) is 2.99. The van der Waals surface area contributed by atoms with Crippen LogP contribution in [0.15, 0.2) is 12.2 Å². The average Bonchev–Trinajstić information content (AvgIpc) is 2.13. The topological polar surface area (TPSA) is 55.4 Å². The third-order valence-corrected chi connectivity index (χ3v) is 1.74. The first-order valence-electron chi connectivity index (χ1n) is 4.54. The SMILES string of the molecule is CC=CC(=O)N[C@H](C(=O)OC)C(C)C. The Hall–Kier alpha value is -1.32. The van der Waals surface area contributed by atoms with Gasteiger partial charge in [-0.05, 0) is 18.9 Å². The van der Waals surface area contributed by atoms with Crippen molar-refractivity contribution in [1.29, 1.82) is 0 Å². The molecule has 1 N–H and O–H groups in total. The second-order valence-electron chi connectivity index (χ2n) is 3.25. The van der Waals surface area contributed by atoms with Crippen LogP contribution in [0.25, 0.3) is 0 Å². The Bertz CT molecular complexity index is 234. The van der Waals surface area contributed by atoms with Gasteiger partial charge in [-0.3, -0.25) is 4.79 Å². The molecule has 0 fully saturated rings. The molecule has 0 saturated carbocycles. The normalized spacial score (nSPS) is 12.9. The number of hydrogen-bond donors (Lipinski definition) is 1. The van der Waals surface area contributed by atoms with Gasteiger partial charge >= 0.3 is 5.97 Å². The van der Waals surface area contributed by atoms with Gasteiger partial charge in [0.15, 0.2) is 0 Å². The van der Waals surface area contributed by atoms with E-state index in [-0.39, 0.29) is 11.8 Å². The minimum absolute atomic E-state index is 0.0108. The summed E-state index contributed by atoms with van der Waals surface area (Å²) in [6, 6.07) is -0.580. The van der Waals surface area contributed by atoms with Gasteiger partial charge < -0.3 is 10.1 Å². The summed E-state index contributed by atoms with van der Waals surface area (Å²) < 4.78 is 4.57. The van der Waals surface area contributed by atoms with Crippen LogP contribution >= 0.6 is 0 Å². The standard InChI is InChI=1S/C10H17NO3/c1-5-6-8(12)11-9(7(2)3)10(13)14-4/h5-7,9H,1-4H3,(H,11,12)/t9-/m0/s1. The molecule has 0 aromatic carbocycles. The zero-order chi connectivity index (χ0) is 11.1. The molecule has 0 aromatic heterocycles. The zero-order valence-corrected chi connectivity index (χ0v) is 9.03. The van der Waals surface area contributed by atoms with Crippen molar-refractivity contribution in [2.45, 2.75) is 26.8 Å². The number of hydrogen-bond acceptors (Lipinski definition) is 3. The maximum atomic E-state index is 11.2. The van der Waals surface area contributed by atoms with Crippen molar-refractivity contribution in [3.63, 3.8) is 0 Å². The molecule has 1 amide bonds. The van der Waals surface area contributed by atoms with Gasteiger partial charge in [-0.1, -0.05) is 19.9 Å². The van der Waals surface area contributed by atoms with Crippen molar-refractivity contribution in [1.82, 2.24) is 5.32 Å². The van der Waals surface area contributed by atoms with E-state index < -0.39 is 12.0 Å². The van der Waals surface area contributed by atoms with Gasteiger partial charge in [-0.25, -0.2) is 4.79 Å². The quantitative estimate of drug-likeness (QED) is 0.540. The molecule has 0 saturated heterocycles. The highest BCUT2D eigenvalue weighted by molar-refractivity contribution is 5.91. The molecule has 80 valence electrons. The first kappa shape index (κ1) is 12.7. The van der Waals surface area contributed by atoms with E-state index in [0.717, 1.165) is 0 Å². The van der Waals surface area contributed by atoms with Gasteiger partial charge in [0.2, 0.25) is 5.91 Å². The Morgan fingerprint density at radius 2 is 1.93 bits per heavy atom. The van der Waals surface area contributed by atoms with E-state index in [4.69, 9.17) is 0 Å². The first-order chi connectivity index (χ1) is 6.52. The van der Waals surface area contributed by atoms with Crippen molar-refractivity contribution < 1.29 is 14.3 Å². The summed E-state index contributed by atoms with van der Waals surface area (Å²) in [5.41, 5.74) is 0. The summed E-state index contributed by atoms with van der Waals surface area (Å²) in [5, 5.41) is 2.57. The average molecular weight is 199 g/mol. The van der Waals surface area contributed by atoms with Crippen LogP contribution in [0.4, 0.5) is 0 Å². The number of methoxy groups -OCH3 is 1. The second kappa shape index (κ2) is 6.18. The molecular weight excluding hydrogens is 182 g/mol. The molecule has 0 aliphatic rings. The Balaban J connectivity index is 4.38. The van der Waals surface area contributed by atoms with Crippen molar-refractivity contribution in [3.05, 3.63) is 12.2 Å². The van der Waals surface area contributed by atoms with E-state index in [9.17, 15) is 9.59 Å². The zero-order valence-electron chi connectivity index (χ0n) is 9.03. The second-order valence-corrected chi connectivity index (χ2v) is 3.25. The summed E-state index contributed by atoms with van der Waals surface area (Å²) in [6.45, 7) is 5.43. The van der Waals surface area contributed by atoms with E-state index in [0.29, 0.717) is 0 Å². The molecule has 0 rings (SSSR count). The molecule has 14 heavy (non-hydrogen) atoms. The largest absolute Gasteiger partial charge is 0.467 e.